The van der Waals surface area contributed by atoms with Crippen LogP contribution in [-0.2, 0) is 6.54 Å². The molecule has 27 heavy (non-hydrogen) atoms. The number of rotatable bonds is 3. The molecule has 0 radical (unpaired) electrons. The van der Waals surface area contributed by atoms with E-state index in [1.165, 1.54) is 23.6 Å². The van der Waals surface area contributed by atoms with Gasteiger partial charge in [0, 0.05) is 32.2 Å². The summed E-state index contributed by atoms with van der Waals surface area (Å²) >= 11 is 1.46. The number of pyridine rings is 1. The third-order valence-corrected chi connectivity index (χ3v) is 5.62. The molecule has 4 rings (SSSR count). The molecule has 0 saturated carbocycles. The topological polar surface area (TPSA) is 81.8 Å². The third-order valence-electron chi connectivity index (χ3n) is 4.71. The van der Waals surface area contributed by atoms with Gasteiger partial charge < -0.3 is 4.90 Å². The average Bonchev–Trinajstić information content (AvgIpc) is 3.02. The van der Waals surface area contributed by atoms with E-state index >= 15 is 0 Å². The van der Waals surface area contributed by atoms with Crippen LogP contribution in [0.15, 0.2) is 18.5 Å². The maximum Gasteiger partial charge on any atom is 0.171 e. The van der Waals surface area contributed by atoms with Crippen molar-refractivity contribution >= 4 is 27.5 Å². The quantitative estimate of drug-likeness (QED) is 0.687. The summed E-state index contributed by atoms with van der Waals surface area (Å²) in [5.74, 6) is 0.475. The minimum absolute atomic E-state index is 0.199. The minimum Gasteiger partial charge on any atom is -0.352 e. The van der Waals surface area contributed by atoms with Crippen LogP contribution in [0.1, 0.15) is 23.3 Å². The van der Waals surface area contributed by atoms with E-state index < -0.39 is 0 Å². The van der Waals surface area contributed by atoms with Gasteiger partial charge in [-0.05, 0) is 19.9 Å². The number of aromatic nitrogens is 4. The Morgan fingerprint density at radius 2 is 2.15 bits per heavy atom. The Morgan fingerprint density at radius 3 is 2.85 bits per heavy atom. The van der Waals surface area contributed by atoms with Crippen LogP contribution >= 0.6 is 11.3 Å². The number of piperazine rings is 1. The highest BCUT2D eigenvalue weighted by molar-refractivity contribution is 7.18. The van der Waals surface area contributed by atoms with Gasteiger partial charge in [0.2, 0.25) is 0 Å². The molecule has 1 atom stereocenters. The lowest BCUT2D eigenvalue weighted by atomic mass is 10.1. The highest BCUT2D eigenvalue weighted by Gasteiger charge is 2.26. The Kier molecular flexibility index (Phi) is 4.68. The minimum atomic E-state index is -0.279. The fourth-order valence-corrected chi connectivity index (χ4v) is 4.06. The predicted octanol–water partition coefficient (Wildman–Crippen LogP) is 2.51. The zero-order valence-electron chi connectivity index (χ0n) is 15.1. The van der Waals surface area contributed by atoms with E-state index in [0.29, 0.717) is 23.6 Å². The molecule has 0 N–H and O–H groups in total. The summed E-state index contributed by atoms with van der Waals surface area (Å²) in [5.41, 5.74) is 1.36. The number of hydrogen-bond acceptors (Lipinski definition) is 8. The van der Waals surface area contributed by atoms with Crippen molar-refractivity contribution in [1.82, 2.24) is 24.8 Å². The van der Waals surface area contributed by atoms with E-state index in [9.17, 15) is 4.39 Å². The number of nitriles is 1. The maximum absolute atomic E-state index is 14.5. The number of anilines is 1. The SMILES string of the molecule is Cc1nc2nc(CN3CCN(c4cnc(C#N)cn4)C[C@@H]3C)c(F)cc2s1. The molecule has 1 fully saturated rings. The van der Waals surface area contributed by atoms with Crippen molar-refractivity contribution in [2.24, 2.45) is 0 Å². The molecule has 1 aliphatic rings. The summed E-state index contributed by atoms with van der Waals surface area (Å²) in [7, 11) is 0. The van der Waals surface area contributed by atoms with Crippen molar-refractivity contribution in [3.05, 3.63) is 40.7 Å². The lowest BCUT2D eigenvalue weighted by Gasteiger charge is -2.40. The van der Waals surface area contributed by atoms with Crippen molar-refractivity contribution in [2.75, 3.05) is 24.5 Å². The summed E-state index contributed by atoms with van der Waals surface area (Å²) in [5, 5.41) is 9.72. The summed E-state index contributed by atoms with van der Waals surface area (Å²) in [4.78, 5) is 21.5. The van der Waals surface area contributed by atoms with Gasteiger partial charge in [-0.1, -0.05) is 0 Å². The molecule has 138 valence electrons. The van der Waals surface area contributed by atoms with Gasteiger partial charge in [-0.25, -0.2) is 24.3 Å². The monoisotopic (exact) mass is 383 g/mol. The first-order valence-corrected chi connectivity index (χ1v) is 9.49. The van der Waals surface area contributed by atoms with Crippen LogP contribution in [0.25, 0.3) is 10.3 Å². The smallest absolute Gasteiger partial charge is 0.171 e. The van der Waals surface area contributed by atoms with Gasteiger partial charge in [-0.3, -0.25) is 4.90 Å². The summed E-state index contributed by atoms with van der Waals surface area (Å²) in [6, 6.07) is 3.71. The fraction of sp³-hybridized carbons (Fsp3) is 0.389. The molecule has 1 saturated heterocycles. The van der Waals surface area contributed by atoms with Crippen LogP contribution in [0.2, 0.25) is 0 Å². The molecular weight excluding hydrogens is 365 g/mol. The standard InChI is InChI=1S/C18H18FN7S/c1-11-9-26(17-8-21-13(6-20)7-22-17)4-3-25(11)10-15-14(19)5-16-18(24-15)23-12(2)27-16/h5,7-8,11H,3-4,9-10H2,1-2H3/t11-/m0/s1. The van der Waals surface area contributed by atoms with E-state index in [1.807, 2.05) is 13.0 Å². The number of hydrogen-bond donors (Lipinski definition) is 0. The highest BCUT2D eigenvalue weighted by atomic mass is 32.1. The second kappa shape index (κ2) is 7.13. The highest BCUT2D eigenvalue weighted by Crippen LogP contribution is 2.24. The van der Waals surface area contributed by atoms with E-state index in [2.05, 4.69) is 36.7 Å². The summed E-state index contributed by atoms with van der Waals surface area (Å²) < 4.78 is 15.2. The third kappa shape index (κ3) is 3.59. The summed E-state index contributed by atoms with van der Waals surface area (Å²) in [6.45, 7) is 6.72. The molecule has 7 nitrogen and oxygen atoms in total. The van der Waals surface area contributed by atoms with Crippen LogP contribution in [0.4, 0.5) is 10.2 Å². The van der Waals surface area contributed by atoms with Crippen LogP contribution in [0.3, 0.4) is 0 Å². The number of aryl methyl sites for hydroxylation is 1. The summed E-state index contributed by atoms with van der Waals surface area (Å²) in [6.07, 6.45) is 3.11. The Morgan fingerprint density at radius 1 is 1.30 bits per heavy atom. The average molecular weight is 383 g/mol. The van der Waals surface area contributed by atoms with Gasteiger partial charge >= 0.3 is 0 Å². The molecule has 0 amide bonds. The number of nitrogens with zero attached hydrogens (tertiary/aromatic N) is 7. The van der Waals surface area contributed by atoms with E-state index in [1.54, 1.807) is 6.20 Å². The molecule has 1 aliphatic heterocycles. The van der Waals surface area contributed by atoms with E-state index in [0.717, 1.165) is 35.2 Å². The molecule has 9 heteroatoms. The second-order valence-corrected chi connectivity index (χ2v) is 7.84. The number of fused-ring (bicyclic) bond motifs is 1. The van der Waals surface area contributed by atoms with Gasteiger partial charge in [0.05, 0.1) is 27.8 Å². The fourth-order valence-electron chi connectivity index (χ4n) is 3.27. The Labute approximate surface area is 160 Å². The zero-order valence-corrected chi connectivity index (χ0v) is 15.9. The Bertz CT molecular complexity index is 1010. The van der Waals surface area contributed by atoms with Crippen LogP contribution < -0.4 is 4.90 Å². The molecule has 0 aromatic carbocycles. The molecule has 0 unspecified atom stereocenters. The normalized spacial score (nSPS) is 18.0. The molecule has 3 aromatic heterocycles. The predicted molar refractivity (Wildman–Crippen MR) is 101 cm³/mol. The lowest BCUT2D eigenvalue weighted by molar-refractivity contribution is 0.176. The van der Waals surface area contributed by atoms with Gasteiger partial charge in [0.15, 0.2) is 11.3 Å². The van der Waals surface area contributed by atoms with Crippen LogP contribution in [-0.4, -0.2) is 50.5 Å². The molecule has 0 spiro atoms. The lowest BCUT2D eigenvalue weighted by Crippen LogP contribution is -2.51. The molecule has 4 heterocycles. The second-order valence-electron chi connectivity index (χ2n) is 6.61. The number of halogens is 1. The first-order chi connectivity index (χ1) is 13.0. The molecule has 0 bridgehead atoms. The Hall–Kier alpha value is -2.70. The number of thiazole rings is 1. The van der Waals surface area contributed by atoms with Gasteiger partial charge in [0.25, 0.3) is 0 Å². The van der Waals surface area contributed by atoms with Crippen LogP contribution in [0, 0.1) is 24.1 Å². The van der Waals surface area contributed by atoms with E-state index in [-0.39, 0.29) is 11.9 Å². The molecule has 3 aromatic rings. The zero-order chi connectivity index (χ0) is 19.0. The largest absolute Gasteiger partial charge is 0.352 e. The van der Waals surface area contributed by atoms with Crippen molar-refractivity contribution in [1.29, 1.82) is 5.26 Å². The molecular formula is C18H18FN7S. The Balaban J connectivity index is 1.47. The van der Waals surface area contributed by atoms with Crippen molar-refractivity contribution in [2.45, 2.75) is 26.4 Å². The van der Waals surface area contributed by atoms with Gasteiger partial charge in [-0.2, -0.15) is 5.26 Å². The van der Waals surface area contributed by atoms with Crippen LogP contribution in [0.5, 0.6) is 0 Å². The van der Waals surface area contributed by atoms with Gasteiger partial charge in [-0.15, -0.1) is 11.3 Å². The first-order valence-electron chi connectivity index (χ1n) is 8.67. The van der Waals surface area contributed by atoms with Gasteiger partial charge in [0.1, 0.15) is 17.7 Å². The van der Waals surface area contributed by atoms with Crippen molar-refractivity contribution < 1.29 is 4.39 Å². The van der Waals surface area contributed by atoms with E-state index in [4.69, 9.17) is 5.26 Å². The maximum atomic E-state index is 14.5. The van der Waals surface area contributed by atoms with Crippen molar-refractivity contribution in [3.63, 3.8) is 0 Å². The molecule has 0 aliphatic carbocycles. The first kappa shape index (κ1) is 17.7. The van der Waals surface area contributed by atoms with Crippen molar-refractivity contribution in [3.8, 4) is 6.07 Å².